The molecular weight excluding hydrogens is 473 g/mol. The summed E-state index contributed by atoms with van der Waals surface area (Å²) in [6.07, 6.45) is 2.98. The Balaban J connectivity index is 1.50. The van der Waals surface area contributed by atoms with Gasteiger partial charge in [-0.2, -0.15) is 10.2 Å². The van der Waals surface area contributed by atoms with Crippen LogP contribution in [0.5, 0.6) is 0 Å². The zero-order chi connectivity index (χ0) is 25.2. The van der Waals surface area contributed by atoms with Crippen molar-refractivity contribution < 1.29 is 31.8 Å². The van der Waals surface area contributed by atoms with E-state index in [-0.39, 0.29) is 30.8 Å². The topological polar surface area (TPSA) is 78.0 Å². The third-order valence-corrected chi connectivity index (χ3v) is 5.54. The first kappa shape index (κ1) is 24.5. The fraction of sp³-hybridized carbons (Fsp3) is 0.261. The third-order valence-electron chi connectivity index (χ3n) is 5.54. The van der Waals surface area contributed by atoms with Gasteiger partial charge in [-0.25, -0.2) is 31.6 Å². The van der Waals surface area contributed by atoms with E-state index >= 15 is 0 Å². The number of nitrogens with zero attached hydrogens (tertiary/aromatic N) is 5. The summed E-state index contributed by atoms with van der Waals surface area (Å²) < 4.78 is 77.3. The van der Waals surface area contributed by atoms with Gasteiger partial charge in [0.25, 0.3) is 0 Å². The third kappa shape index (κ3) is 5.38. The molecule has 0 unspecified atom stereocenters. The van der Waals surface area contributed by atoms with Crippen molar-refractivity contribution in [1.82, 2.24) is 24.5 Å². The molecule has 0 spiro atoms. The molecule has 4 rings (SSSR count). The van der Waals surface area contributed by atoms with E-state index in [0.29, 0.717) is 23.9 Å². The van der Waals surface area contributed by atoms with Crippen molar-refractivity contribution in [3.63, 3.8) is 0 Å². The first-order valence-electron chi connectivity index (χ1n) is 10.4. The Morgan fingerprint density at radius 2 is 1.69 bits per heavy atom. The fourth-order valence-corrected chi connectivity index (χ4v) is 3.64. The summed E-state index contributed by atoms with van der Waals surface area (Å²) in [4.78, 5) is 3.80. The molecule has 2 aromatic carbocycles. The average Bonchev–Trinajstić information content (AvgIpc) is 3.46. The number of hydrogen-bond donors (Lipinski definition) is 1. The number of halogens is 5. The van der Waals surface area contributed by atoms with E-state index in [1.165, 1.54) is 41.2 Å². The zero-order valence-electron chi connectivity index (χ0n) is 18.4. The predicted octanol–water partition coefficient (Wildman–Crippen LogP) is 3.71. The van der Waals surface area contributed by atoms with E-state index in [1.807, 2.05) is 0 Å². The molecule has 2 heterocycles. The van der Waals surface area contributed by atoms with Crippen molar-refractivity contribution in [3.05, 3.63) is 101 Å². The maximum absolute atomic E-state index is 14.6. The molecule has 0 aliphatic heterocycles. The second-order valence-electron chi connectivity index (χ2n) is 7.95. The van der Waals surface area contributed by atoms with Gasteiger partial charge in [0, 0.05) is 35.5 Å². The van der Waals surface area contributed by atoms with Crippen molar-refractivity contribution in [3.8, 4) is 0 Å². The van der Waals surface area contributed by atoms with Crippen LogP contribution < -0.4 is 0 Å². The van der Waals surface area contributed by atoms with Crippen molar-refractivity contribution in [2.75, 3.05) is 0 Å². The Morgan fingerprint density at radius 1 is 0.971 bits per heavy atom. The summed E-state index contributed by atoms with van der Waals surface area (Å²) in [6.45, 7) is 0.823. The molecule has 1 N–H and O–H groups in total. The summed E-state index contributed by atoms with van der Waals surface area (Å²) in [6, 6.07) is 5.50. The van der Waals surface area contributed by atoms with Gasteiger partial charge >= 0.3 is 0 Å². The van der Waals surface area contributed by atoms with Crippen LogP contribution in [0, 0.1) is 29.1 Å². The average molecular weight is 493 g/mol. The second-order valence-corrected chi connectivity index (χ2v) is 7.95. The van der Waals surface area contributed by atoms with Gasteiger partial charge in [-0.3, -0.25) is 4.68 Å². The van der Waals surface area contributed by atoms with Gasteiger partial charge in [-0.05, 0) is 19.1 Å². The second kappa shape index (κ2) is 9.92. The van der Waals surface area contributed by atoms with Crippen LogP contribution in [0.4, 0.5) is 22.0 Å². The van der Waals surface area contributed by atoms with Gasteiger partial charge in [-0.1, -0.05) is 6.07 Å². The van der Waals surface area contributed by atoms with Crippen LogP contribution in [0.25, 0.3) is 0 Å². The highest BCUT2D eigenvalue weighted by atomic mass is 19.2. The SMILES string of the molecule is C[C@@H](OCc1ccn(Cc2c(F)cc(F)cc2F)n1)[C@](O)(Cn1cncn1)c1ccc(F)cc1F. The normalized spacial score (nSPS) is 14.1. The van der Waals surface area contributed by atoms with Gasteiger partial charge in [0.1, 0.15) is 47.3 Å². The minimum absolute atomic E-state index is 0.148. The Labute approximate surface area is 196 Å². The molecule has 12 heteroatoms. The predicted molar refractivity (Wildman–Crippen MR) is 112 cm³/mol. The lowest BCUT2D eigenvalue weighted by Gasteiger charge is -2.34. The summed E-state index contributed by atoms with van der Waals surface area (Å²) in [5.41, 5.74) is -2.17. The molecule has 0 radical (unpaired) electrons. The number of aliphatic hydroxyl groups is 1. The molecule has 7 nitrogen and oxygen atoms in total. The van der Waals surface area contributed by atoms with E-state index < -0.39 is 40.8 Å². The van der Waals surface area contributed by atoms with E-state index in [4.69, 9.17) is 4.74 Å². The largest absolute Gasteiger partial charge is 0.380 e. The molecule has 0 aliphatic carbocycles. The first-order chi connectivity index (χ1) is 16.7. The van der Waals surface area contributed by atoms with Crippen molar-refractivity contribution in [2.45, 2.75) is 38.3 Å². The molecule has 4 aromatic rings. The van der Waals surface area contributed by atoms with Crippen LogP contribution in [0.15, 0.2) is 55.2 Å². The maximum atomic E-state index is 14.6. The number of hydrogen-bond acceptors (Lipinski definition) is 5. The van der Waals surface area contributed by atoms with Gasteiger partial charge in [0.15, 0.2) is 0 Å². The lowest BCUT2D eigenvalue weighted by molar-refractivity contribution is -0.124. The van der Waals surface area contributed by atoms with Crippen LogP contribution in [-0.4, -0.2) is 35.8 Å². The van der Waals surface area contributed by atoms with Crippen molar-refractivity contribution >= 4 is 0 Å². The van der Waals surface area contributed by atoms with Crippen LogP contribution >= 0.6 is 0 Å². The van der Waals surface area contributed by atoms with E-state index in [0.717, 1.165) is 12.1 Å². The monoisotopic (exact) mass is 493 g/mol. The van der Waals surface area contributed by atoms with Gasteiger partial charge < -0.3 is 9.84 Å². The Hall–Kier alpha value is -3.64. The standard InChI is InChI=1S/C23H20F5N5O2/c1-14(23(34,11-33-13-29-12-30-33)19-3-2-15(24)6-22(19)28)35-10-17-4-5-32(31-17)9-18-20(26)7-16(25)8-21(18)27/h2-8,12-14,34H,9-11H2,1H3/t14-,23-/m1/s1. The molecule has 35 heavy (non-hydrogen) atoms. The fourth-order valence-electron chi connectivity index (χ4n) is 3.64. The summed E-state index contributed by atoms with van der Waals surface area (Å²) in [5.74, 6) is -4.87. The van der Waals surface area contributed by atoms with E-state index in [9.17, 15) is 27.1 Å². The van der Waals surface area contributed by atoms with Gasteiger partial charge in [0.05, 0.1) is 31.5 Å². The minimum Gasteiger partial charge on any atom is -0.380 e. The first-order valence-corrected chi connectivity index (χ1v) is 10.4. The number of rotatable bonds is 9. The summed E-state index contributed by atoms with van der Waals surface area (Å²) in [7, 11) is 0. The van der Waals surface area contributed by atoms with Crippen molar-refractivity contribution in [2.24, 2.45) is 0 Å². The minimum atomic E-state index is -1.96. The Kier molecular flexibility index (Phi) is 6.94. The molecular formula is C23H20F5N5O2. The Bertz CT molecular complexity index is 1290. The Morgan fingerprint density at radius 3 is 2.34 bits per heavy atom. The van der Waals surface area contributed by atoms with Crippen LogP contribution in [0.1, 0.15) is 23.7 Å². The molecule has 184 valence electrons. The quantitative estimate of drug-likeness (QED) is 0.360. The van der Waals surface area contributed by atoms with Crippen LogP contribution in [-0.2, 0) is 30.0 Å². The maximum Gasteiger partial charge on any atom is 0.138 e. The zero-order valence-corrected chi connectivity index (χ0v) is 18.4. The molecule has 0 fully saturated rings. The molecule has 2 aromatic heterocycles. The smallest absolute Gasteiger partial charge is 0.138 e. The highest BCUT2D eigenvalue weighted by molar-refractivity contribution is 5.26. The van der Waals surface area contributed by atoms with Gasteiger partial charge in [-0.15, -0.1) is 0 Å². The number of benzene rings is 2. The lowest BCUT2D eigenvalue weighted by atomic mass is 9.88. The number of aromatic nitrogens is 5. The lowest BCUT2D eigenvalue weighted by Crippen LogP contribution is -2.44. The molecule has 0 amide bonds. The summed E-state index contributed by atoms with van der Waals surface area (Å²) in [5, 5.41) is 19.5. The summed E-state index contributed by atoms with van der Waals surface area (Å²) >= 11 is 0. The molecule has 0 saturated carbocycles. The van der Waals surface area contributed by atoms with E-state index in [2.05, 4.69) is 15.2 Å². The molecule has 2 atom stereocenters. The highest BCUT2D eigenvalue weighted by Crippen LogP contribution is 2.32. The number of ether oxygens (including phenoxy) is 1. The van der Waals surface area contributed by atoms with Crippen LogP contribution in [0.2, 0.25) is 0 Å². The van der Waals surface area contributed by atoms with Crippen LogP contribution in [0.3, 0.4) is 0 Å². The molecule has 0 aliphatic rings. The van der Waals surface area contributed by atoms with E-state index in [1.54, 1.807) is 0 Å². The molecule has 0 bridgehead atoms. The molecule has 0 saturated heterocycles. The highest BCUT2D eigenvalue weighted by Gasteiger charge is 2.40. The van der Waals surface area contributed by atoms with Crippen molar-refractivity contribution in [1.29, 1.82) is 0 Å². The van der Waals surface area contributed by atoms with Gasteiger partial charge in [0.2, 0.25) is 0 Å².